The molecule has 1 atom stereocenters. The summed E-state index contributed by atoms with van der Waals surface area (Å²) in [6.45, 7) is 1.93. The van der Waals surface area contributed by atoms with Crippen LogP contribution < -0.4 is 4.90 Å². The lowest BCUT2D eigenvalue weighted by atomic mass is 9.71. The Labute approximate surface area is 140 Å². The molecule has 22 heavy (non-hydrogen) atoms. The number of halogens is 1. The van der Waals surface area contributed by atoms with Crippen LogP contribution >= 0.6 is 23.4 Å². The van der Waals surface area contributed by atoms with Crippen molar-refractivity contribution in [3.63, 3.8) is 0 Å². The number of rotatable bonds is 5. The van der Waals surface area contributed by atoms with Crippen molar-refractivity contribution < 1.29 is 4.79 Å². The van der Waals surface area contributed by atoms with E-state index in [1.165, 1.54) is 0 Å². The molecule has 2 aromatic heterocycles. The van der Waals surface area contributed by atoms with Crippen molar-refractivity contribution in [2.75, 3.05) is 24.0 Å². The molecule has 116 valence electrons. The lowest BCUT2D eigenvalue weighted by molar-refractivity contribution is -0.120. The van der Waals surface area contributed by atoms with E-state index >= 15 is 0 Å². The van der Waals surface area contributed by atoms with Gasteiger partial charge in [0.25, 0.3) is 0 Å². The molecule has 0 spiro atoms. The van der Waals surface area contributed by atoms with Gasteiger partial charge in [0.05, 0.1) is 18.1 Å². The van der Waals surface area contributed by atoms with Crippen LogP contribution in [0.25, 0.3) is 5.69 Å². The molecule has 0 bridgehead atoms. The van der Waals surface area contributed by atoms with Gasteiger partial charge < -0.3 is 4.90 Å². The SMILES string of the molecule is BC(C)(CSC)C(=O)N(C)c1cn(-c2cccnc2)nc1Cl. The fraction of sp³-hybridized carbons (Fsp3) is 0.357. The van der Waals surface area contributed by atoms with E-state index in [9.17, 15) is 4.79 Å². The second-order valence-electron chi connectivity index (χ2n) is 5.64. The van der Waals surface area contributed by atoms with Crippen molar-refractivity contribution in [1.82, 2.24) is 14.8 Å². The summed E-state index contributed by atoms with van der Waals surface area (Å²) in [4.78, 5) is 18.3. The summed E-state index contributed by atoms with van der Waals surface area (Å²) in [5.74, 6) is 0.749. The molecule has 0 aliphatic rings. The van der Waals surface area contributed by atoms with Crippen LogP contribution in [0.3, 0.4) is 0 Å². The first-order valence-electron chi connectivity index (χ1n) is 6.79. The van der Waals surface area contributed by atoms with Crippen molar-refractivity contribution >= 4 is 42.8 Å². The normalized spacial score (nSPS) is 13.6. The molecule has 1 unspecified atom stereocenters. The number of pyridine rings is 1. The Kier molecular flexibility index (Phi) is 5.18. The number of hydrogen-bond donors (Lipinski definition) is 0. The van der Waals surface area contributed by atoms with Gasteiger partial charge in [-0.2, -0.15) is 16.9 Å². The minimum Gasteiger partial charge on any atom is -0.311 e. The van der Waals surface area contributed by atoms with Gasteiger partial charge in [0.1, 0.15) is 13.5 Å². The van der Waals surface area contributed by atoms with Crippen molar-refractivity contribution in [2.24, 2.45) is 0 Å². The molecule has 0 N–H and O–H groups in total. The highest BCUT2D eigenvalue weighted by Crippen LogP contribution is 2.32. The van der Waals surface area contributed by atoms with E-state index in [1.54, 1.807) is 47.0 Å². The Balaban J connectivity index is 2.30. The summed E-state index contributed by atoms with van der Waals surface area (Å²) in [5, 5.41) is 4.08. The maximum absolute atomic E-state index is 12.7. The van der Waals surface area contributed by atoms with Gasteiger partial charge in [0.15, 0.2) is 5.15 Å². The molecule has 0 aliphatic heterocycles. The molecular weight excluding hydrogens is 319 g/mol. The van der Waals surface area contributed by atoms with Gasteiger partial charge in [-0.25, -0.2) is 4.68 Å². The Morgan fingerprint density at radius 2 is 2.32 bits per heavy atom. The van der Waals surface area contributed by atoms with Crippen LogP contribution in [0.15, 0.2) is 30.7 Å². The van der Waals surface area contributed by atoms with Gasteiger partial charge in [-0.15, -0.1) is 0 Å². The van der Waals surface area contributed by atoms with Gasteiger partial charge in [-0.3, -0.25) is 9.78 Å². The van der Waals surface area contributed by atoms with E-state index in [2.05, 4.69) is 10.1 Å². The van der Waals surface area contributed by atoms with Crippen molar-refractivity contribution in [3.8, 4) is 5.69 Å². The smallest absolute Gasteiger partial charge is 0.225 e. The number of hydrogen-bond acceptors (Lipinski definition) is 4. The predicted octanol–water partition coefficient (Wildman–Crippen LogP) is 2.06. The van der Waals surface area contributed by atoms with E-state index in [4.69, 9.17) is 11.6 Å². The summed E-state index contributed by atoms with van der Waals surface area (Å²) < 4.78 is 1.62. The number of amides is 1. The largest absolute Gasteiger partial charge is 0.311 e. The molecule has 0 aliphatic carbocycles. The average Bonchev–Trinajstić information content (AvgIpc) is 2.88. The number of anilines is 1. The monoisotopic (exact) mass is 336 g/mol. The van der Waals surface area contributed by atoms with E-state index in [-0.39, 0.29) is 5.91 Å². The first-order chi connectivity index (χ1) is 10.4. The molecular formula is C14H18BClN4OS. The summed E-state index contributed by atoms with van der Waals surface area (Å²) in [6, 6.07) is 3.70. The van der Waals surface area contributed by atoms with Gasteiger partial charge in [0, 0.05) is 18.6 Å². The minimum atomic E-state index is -0.464. The summed E-state index contributed by atoms with van der Waals surface area (Å²) in [7, 11) is 3.66. The number of carbonyl (C=O) groups is 1. The Morgan fingerprint density at radius 1 is 1.59 bits per heavy atom. The summed E-state index contributed by atoms with van der Waals surface area (Å²) in [6.07, 6.45) is 7.11. The number of carbonyl (C=O) groups excluding carboxylic acids is 1. The zero-order valence-corrected chi connectivity index (χ0v) is 14.6. The predicted molar refractivity (Wildman–Crippen MR) is 95.1 cm³/mol. The highest BCUT2D eigenvalue weighted by molar-refractivity contribution is 7.98. The maximum Gasteiger partial charge on any atom is 0.225 e. The molecule has 1 amide bonds. The summed E-state index contributed by atoms with van der Waals surface area (Å²) >= 11 is 7.86. The standard InChI is InChI=1S/C14H18BClN4OS/c1-14(15,9-22-3)13(21)19(2)11-8-20(18-12(11)16)10-5-4-6-17-7-10/h4-8H,9,15H2,1-3H3. The zero-order valence-electron chi connectivity index (χ0n) is 13.1. The van der Waals surface area contributed by atoms with Gasteiger partial charge in [0.2, 0.25) is 5.91 Å². The highest BCUT2D eigenvalue weighted by Gasteiger charge is 2.32. The van der Waals surface area contributed by atoms with Gasteiger partial charge in [-0.05, 0) is 24.1 Å². The van der Waals surface area contributed by atoms with Crippen molar-refractivity contribution in [1.29, 1.82) is 0 Å². The topological polar surface area (TPSA) is 51.0 Å². The highest BCUT2D eigenvalue weighted by atomic mass is 35.5. The first-order valence-corrected chi connectivity index (χ1v) is 8.56. The third kappa shape index (κ3) is 3.47. The fourth-order valence-electron chi connectivity index (χ4n) is 2.18. The van der Waals surface area contributed by atoms with Crippen LogP contribution in [-0.2, 0) is 4.79 Å². The third-order valence-corrected chi connectivity index (χ3v) is 4.59. The average molecular weight is 337 g/mol. The van der Waals surface area contributed by atoms with Gasteiger partial charge in [-0.1, -0.05) is 18.5 Å². The molecule has 2 heterocycles. The lowest BCUT2D eigenvalue weighted by Gasteiger charge is -2.28. The quantitative estimate of drug-likeness (QED) is 0.784. The van der Waals surface area contributed by atoms with Crippen molar-refractivity contribution in [2.45, 2.75) is 12.2 Å². The maximum atomic E-state index is 12.7. The third-order valence-electron chi connectivity index (χ3n) is 3.31. The number of nitrogens with zero attached hydrogens (tertiary/aromatic N) is 4. The number of thioether (sulfide) groups is 1. The van der Waals surface area contributed by atoms with Gasteiger partial charge >= 0.3 is 0 Å². The molecule has 0 saturated heterocycles. The fourth-order valence-corrected chi connectivity index (χ4v) is 3.28. The van der Waals surface area contributed by atoms with Crippen LogP contribution in [0.4, 0.5) is 5.69 Å². The molecule has 0 fully saturated rings. The molecule has 2 aromatic rings. The van der Waals surface area contributed by atoms with E-state index in [0.29, 0.717) is 10.8 Å². The Hall–Kier alpha value is -1.47. The molecule has 5 nitrogen and oxygen atoms in total. The van der Waals surface area contributed by atoms with Crippen molar-refractivity contribution in [3.05, 3.63) is 35.9 Å². The second-order valence-corrected chi connectivity index (χ2v) is 6.87. The zero-order chi connectivity index (χ0) is 16.3. The van der Waals surface area contributed by atoms with Crippen LogP contribution in [0, 0.1) is 0 Å². The molecule has 2 rings (SSSR count). The first kappa shape index (κ1) is 16.9. The van der Waals surface area contributed by atoms with E-state index in [1.807, 2.05) is 33.2 Å². The van der Waals surface area contributed by atoms with Crippen LogP contribution in [-0.4, -0.2) is 47.6 Å². The Bertz CT molecular complexity index is 662. The Morgan fingerprint density at radius 3 is 2.91 bits per heavy atom. The van der Waals surface area contributed by atoms with E-state index in [0.717, 1.165) is 11.4 Å². The molecule has 0 saturated carbocycles. The van der Waals surface area contributed by atoms with Crippen LogP contribution in [0.1, 0.15) is 6.92 Å². The molecule has 8 heteroatoms. The minimum absolute atomic E-state index is 0.00878. The number of aromatic nitrogens is 3. The molecule has 0 radical (unpaired) electrons. The summed E-state index contributed by atoms with van der Waals surface area (Å²) in [5.41, 5.74) is 1.38. The lowest BCUT2D eigenvalue weighted by Crippen LogP contribution is -2.37. The van der Waals surface area contributed by atoms with Crippen LogP contribution in [0.2, 0.25) is 10.5 Å². The van der Waals surface area contributed by atoms with E-state index < -0.39 is 5.31 Å². The molecule has 0 aromatic carbocycles. The van der Waals surface area contributed by atoms with Crippen LogP contribution in [0.5, 0.6) is 0 Å². The second kappa shape index (κ2) is 6.75.